The summed E-state index contributed by atoms with van der Waals surface area (Å²) in [6, 6.07) is -4.37. The normalized spacial score (nSPS) is 16.3. The van der Waals surface area contributed by atoms with Crippen molar-refractivity contribution >= 4 is 36.3 Å². The van der Waals surface area contributed by atoms with Crippen LogP contribution in [-0.4, -0.2) is 69.9 Å². The van der Waals surface area contributed by atoms with E-state index in [-0.39, 0.29) is 17.6 Å². The van der Waals surface area contributed by atoms with E-state index in [1.54, 1.807) is 0 Å². The van der Waals surface area contributed by atoms with E-state index in [1.807, 2.05) is 27.7 Å². The highest BCUT2D eigenvalue weighted by atomic mass is 32.1. The van der Waals surface area contributed by atoms with Crippen molar-refractivity contribution in [2.24, 2.45) is 17.6 Å². The van der Waals surface area contributed by atoms with E-state index in [2.05, 4.69) is 28.6 Å². The molecule has 0 aliphatic heterocycles. The molecule has 3 amide bonds. The molecule has 10 nitrogen and oxygen atoms in total. The molecule has 0 radical (unpaired) electrons. The van der Waals surface area contributed by atoms with Gasteiger partial charge in [0, 0.05) is 5.75 Å². The van der Waals surface area contributed by atoms with Crippen molar-refractivity contribution in [3.8, 4) is 0 Å². The fourth-order valence-corrected chi connectivity index (χ4v) is 2.96. The molecule has 0 spiro atoms. The minimum Gasteiger partial charge on any atom is -0.480 e. The van der Waals surface area contributed by atoms with Crippen LogP contribution in [-0.2, 0) is 19.2 Å². The van der Waals surface area contributed by atoms with Gasteiger partial charge in [0.1, 0.15) is 12.1 Å². The Balaban J connectivity index is 5.23. The zero-order valence-electron chi connectivity index (χ0n) is 18.2. The molecule has 0 saturated carbocycles. The number of carbonyl (C=O) groups is 4. The van der Waals surface area contributed by atoms with Gasteiger partial charge in [-0.25, -0.2) is 4.79 Å². The third kappa shape index (κ3) is 10.3. The van der Waals surface area contributed by atoms with Gasteiger partial charge in [-0.15, -0.1) is 0 Å². The zero-order valence-corrected chi connectivity index (χ0v) is 19.1. The molecule has 174 valence electrons. The summed E-state index contributed by atoms with van der Waals surface area (Å²) in [5.41, 5.74) is 5.89. The highest BCUT2D eigenvalue weighted by Gasteiger charge is 2.31. The molecule has 0 rings (SSSR count). The summed E-state index contributed by atoms with van der Waals surface area (Å²) in [4.78, 5) is 48.6. The Kier molecular flexibility index (Phi) is 12.6. The molecule has 0 aromatic rings. The van der Waals surface area contributed by atoms with Crippen LogP contribution in [0.2, 0.25) is 0 Å². The zero-order chi connectivity index (χ0) is 23.6. The van der Waals surface area contributed by atoms with Crippen molar-refractivity contribution in [3.63, 3.8) is 0 Å². The second kappa shape index (κ2) is 13.5. The Morgan fingerprint density at radius 3 is 1.70 bits per heavy atom. The molecular weight excluding hydrogens is 412 g/mol. The summed E-state index contributed by atoms with van der Waals surface area (Å²) in [6.45, 7) is 8.84. The summed E-state index contributed by atoms with van der Waals surface area (Å²) in [5, 5.41) is 25.9. The summed E-state index contributed by atoms with van der Waals surface area (Å²) in [5.74, 6) is -3.12. The van der Waals surface area contributed by atoms with Crippen molar-refractivity contribution < 1.29 is 29.4 Å². The summed E-state index contributed by atoms with van der Waals surface area (Å²) < 4.78 is 0. The topological polar surface area (TPSA) is 171 Å². The Morgan fingerprint density at radius 2 is 1.30 bits per heavy atom. The first-order chi connectivity index (χ1) is 13.8. The number of nitrogens with two attached hydrogens (primary N) is 1. The largest absolute Gasteiger partial charge is 0.480 e. The molecule has 0 aliphatic rings. The number of aliphatic hydroxyl groups excluding tert-OH is 1. The lowest BCUT2D eigenvalue weighted by molar-refractivity contribution is -0.145. The van der Waals surface area contributed by atoms with Crippen LogP contribution < -0.4 is 21.7 Å². The highest BCUT2D eigenvalue weighted by molar-refractivity contribution is 7.80. The number of thiol groups is 1. The molecule has 0 fully saturated rings. The molecule has 0 aliphatic carbocycles. The van der Waals surface area contributed by atoms with Crippen LogP contribution in [0.15, 0.2) is 0 Å². The first kappa shape index (κ1) is 28.1. The average Bonchev–Trinajstić information content (AvgIpc) is 2.61. The first-order valence-electron chi connectivity index (χ1n) is 9.98. The second-order valence-corrected chi connectivity index (χ2v) is 8.60. The van der Waals surface area contributed by atoms with E-state index in [0.29, 0.717) is 12.8 Å². The predicted octanol–water partition coefficient (Wildman–Crippen LogP) is -0.744. The van der Waals surface area contributed by atoms with Gasteiger partial charge in [-0.05, 0) is 31.6 Å². The van der Waals surface area contributed by atoms with Gasteiger partial charge in [0.05, 0.1) is 12.1 Å². The summed E-state index contributed by atoms with van der Waals surface area (Å²) in [7, 11) is 0. The quantitative estimate of drug-likeness (QED) is 0.182. The molecule has 30 heavy (non-hydrogen) atoms. The van der Waals surface area contributed by atoms with Crippen LogP contribution in [0.5, 0.6) is 0 Å². The van der Waals surface area contributed by atoms with E-state index in [0.717, 1.165) is 0 Å². The molecule has 5 atom stereocenters. The van der Waals surface area contributed by atoms with Crippen LogP contribution in [0.25, 0.3) is 0 Å². The molecule has 11 heteroatoms. The average molecular weight is 449 g/mol. The van der Waals surface area contributed by atoms with Gasteiger partial charge in [-0.3, -0.25) is 14.4 Å². The van der Waals surface area contributed by atoms with Gasteiger partial charge in [-0.1, -0.05) is 27.7 Å². The Morgan fingerprint density at radius 1 is 0.833 bits per heavy atom. The number of amides is 3. The Labute approximate surface area is 183 Å². The summed E-state index contributed by atoms with van der Waals surface area (Å²) in [6.07, 6.45) is -0.560. The number of carboxylic acids is 1. The molecule has 0 heterocycles. The fraction of sp³-hybridized carbons (Fsp3) is 0.789. The first-order valence-corrected chi connectivity index (χ1v) is 10.6. The lowest BCUT2D eigenvalue weighted by atomic mass is 10.0. The predicted molar refractivity (Wildman–Crippen MR) is 116 cm³/mol. The third-order valence-electron chi connectivity index (χ3n) is 4.26. The number of hydrogen-bond donors (Lipinski definition) is 7. The SMILES string of the molecule is CC(C)CC(N)C(=O)NC(CC(C)C)C(=O)NC(CS)C(=O)NC(C(=O)O)C(C)O. The van der Waals surface area contributed by atoms with Crippen molar-refractivity contribution in [2.75, 3.05) is 5.75 Å². The third-order valence-corrected chi connectivity index (χ3v) is 4.63. The number of carboxylic acid groups (broad SMARTS) is 1. The molecule has 7 N–H and O–H groups in total. The molecule has 0 aromatic carbocycles. The maximum atomic E-state index is 12.7. The Hall–Kier alpha value is -1.85. The minimum atomic E-state index is -1.53. The number of aliphatic hydroxyl groups is 1. The fourth-order valence-electron chi connectivity index (χ4n) is 2.71. The van der Waals surface area contributed by atoms with Crippen molar-refractivity contribution in [2.45, 2.75) is 77.7 Å². The van der Waals surface area contributed by atoms with Gasteiger partial charge in [-0.2, -0.15) is 12.6 Å². The lowest BCUT2D eigenvalue weighted by Crippen LogP contribution is -2.59. The van der Waals surface area contributed by atoms with Crippen molar-refractivity contribution in [1.82, 2.24) is 16.0 Å². The van der Waals surface area contributed by atoms with Crippen LogP contribution >= 0.6 is 12.6 Å². The van der Waals surface area contributed by atoms with Crippen LogP contribution in [0.4, 0.5) is 0 Å². The Bertz CT molecular complexity index is 600. The molecule has 0 bridgehead atoms. The molecule has 5 unspecified atom stereocenters. The van der Waals surface area contributed by atoms with Crippen LogP contribution in [0.3, 0.4) is 0 Å². The van der Waals surface area contributed by atoms with E-state index < -0.39 is 54.0 Å². The van der Waals surface area contributed by atoms with E-state index >= 15 is 0 Å². The molecule has 0 aromatic heterocycles. The smallest absolute Gasteiger partial charge is 0.328 e. The van der Waals surface area contributed by atoms with Gasteiger partial charge >= 0.3 is 5.97 Å². The highest BCUT2D eigenvalue weighted by Crippen LogP contribution is 2.08. The number of aliphatic carboxylic acids is 1. The maximum Gasteiger partial charge on any atom is 0.328 e. The second-order valence-electron chi connectivity index (χ2n) is 8.24. The maximum absolute atomic E-state index is 12.7. The van der Waals surface area contributed by atoms with Crippen molar-refractivity contribution in [1.29, 1.82) is 0 Å². The van der Waals surface area contributed by atoms with E-state index in [1.165, 1.54) is 6.92 Å². The van der Waals surface area contributed by atoms with Crippen molar-refractivity contribution in [3.05, 3.63) is 0 Å². The molecule has 0 saturated heterocycles. The van der Waals surface area contributed by atoms with Crippen LogP contribution in [0.1, 0.15) is 47.5 Å². The van der Waals surface area contributed by atoms with E-state index in [4.69, 9.17) is 10.8 Å². The van der Waals surface area contributed by atoms with Crippen LogP contribution in [0, 0.1) is 11.8 Å². The lowest BCUT2D eigenvalue weighted by Gasteiger charge is -2.26. The van der Waals surface area contributed by atoms with E-state index in [9.17, 15) is 24.3 Å². The van der Waals surface area contributed by atoms with Gasteiger partial charge in [0.15, 0.2) is 6.04 Å². The van der Waals surface area contributed by atoms with Gasteiger partial charge in [0.2, 0.25) is 17.7 Å². The summed E-state index contributed by atoms with van der Waals surface area (Å²) >= 11 is 4.04. The van der Waals surface area contributed by atoms with Gasteiger partial charge in [0.25, 0.3) is 0 Å². The molecular formula is C19H36N4O6S. The number of nitrogens with one attached hydrogen (secondary N) is 3. The minimum absolute atomic E-state index is 0.0669. The number of hydrogen-bond acceptors (Lipinski definition) is 7. The standard InChI is InChI=1S/C19H36N4O6S/c1-9(2)6-12(20)16(25)21-13(7-10(3)4)17(26)22-14(8-30)18(27)23-15(11(5)24)19(28)29/h9-15,24,30H,6-8,20H2,1-5H3,(H,21,25)(H,22,26)(H,23,27)(H,28,29). The number of carbonyl (C=O) groups excluding carboxylic acids is 3. The monoisotopic (exact) mass is 448 g/mol. The van der Waals surface area contributed by atoms with Gasteiger partial charge < -0.3 is 31.9 Å². The number of rotatable bonds is 13.